The van der Waals surface area contributed by atoms with Crippen LogP contribution in [0.3, 0.4) is 0 Å². The summed E-state index contributed by atoms with van der Waals surface area (Å²) < 4.78 is 30.3. The van der Waals surface area contributed by atoms with Crippen molar-refractivity contribution in [2.45, 2.75) is 16.7 Å². The number of rotatable bonds is 5. The minimum Gasteiger partial charge on any atom is -0.463 e. The molecule has 0 amide bonds. The van der Waals surface area contributed by atoms with Gasteiger partial charge in [0.25, 0.3) is 0 Å². The van der Waals surface area contributed by atoms with Crippen LogP contribution in [0.5, 0.6) is 0 Å². The fourth-order valence-corrected chi connectivity index (χ4v) is 3.36. The van der Waals surface area contributed by atoms with Crippen LogP contribution in [0.15, 0.2) is 86.2 Å². The van der Waals surface area contributed by atoms with Gasteiger partial charge in [0, 0.05) is 0 Å². The molecular weight excluding hydrogens is 324 g/mol. The first-order valence-electron chi connectivity index (χ1n) is 7.30. The van der Waals surface area contributed by atoms with E-state index < -0.39 is 9.84 Å². The van der Waals surface area contributed by atoms with Crippen LogP contribution in [0, 0.1) is 6.92 Å². The molecule has 0 atom stereocenters. The minimum absolute atomic E-state index is 0.243. The Morgan fingerprint density at radius 2 is 1.58 bits per heavy atom. The van der Waals surface area contributed by atoms with Gasteiger partial charge in [-0.25, -0.2) is 8.42 Å². The second kappa shape index (κ2) is 6.72. The Morgan fingerprint density at radius 1 is 0.958 bits per heavy atom. The average Bonchev–Trinajstić information content (AvgIpc) is 3.09. The molecule has 0 saturated heterocycles. The van der Waals surface area contributed by atoms with Crippen molar-refractivity contribution >= 4 is 21.7 Å². The first kappa shape index (κ1) is 16.0. The summed E-state index contributed by atoms with van der Waals surface area (Å²) in [6.07, 6.45) is 3.10. The van der Waals surface area contributed by atoms with Gasteiger partial charge < -0.3 is 4.42 Å². The highest BCUT2D eigenvalue weighted by Gasteiger charge is 2.16. The highest BCUT2D eigenvalue weighted by Crippen LogP contribution is 2.22. The number of furan rings is 1. The van der Waals surface area contributed by atoms with E-state index in [0.29, 0.717) is 11.4 Å². The Morgan fingerprint density at radius 3 is 2.17 bits per heavy atom. The van der Waals surface area contributed by atoms with E-state index in [1.54, 1.807) is 66.9 Å². The van der Waals surface area contributed by atoms with Crippen LogP contribution in [0.25, 0.3) is 0 Å². The van der Waals surface area contributed by atoms with E-state index in [9.17, 15) is 8.42 Å². The average molecular weight is 340 g/mol. The molecule has 0 saturated carbocycles. The van der Waals surface area contributed by atoms with Gasteiger partial charge >= 0.3 is 0 Å². The fraction of sp³-hybridized carbons (Fsp3) is 0.0556. The van der Waals surface area contributed by atoms with Crippen LogP contribution in [0.1, 0.15) is 11.3 Å². The number of sulfone groups is 1. The van der Waals surface area contributed by atoms with Crippen molar-refractivity contribution in [1.29, 1.82) is 0 Å². The Labute approximate surface area is 140 Å². The van der Waals surface area contributed by atoms with Crippen LogP contribution < -0.4 is 5.43 Å². The number of nitrogens with zero attached hydrogens (tertiary/aromatic N) is 1. The van der Waals surface area contributed by atoms with Gasteiger partial charge in [-0.2, -0.15) is 5.10 Å². The summed E-state index contributed by atoms with van der Waals surface area (Å²) >= 11 is 0. The van der Waals surface area contributed by atoms with Crippen molar-refractivity contribution < 1.29 is 12.8 Å². The van der Waals surface area contributed by atoms with Gasteiger partial charge in [0.15, 0.2) is 0 Å². The minimum atomic E-state index is -3.51. The number of hydrazone groups is 1. The summed E-state index contributed by atoms with van der Waals surface area (Å²) in [6, 6.07) is 16.8. The second-order valence-corrected chi connectivity index (χ2v) is 7.18. The lowest BCUT2D eigenvalue weighted by Crippen LogP contribution is -2.02. The largest absolute Gasteiger partial charge is 0.463 e. The van der Waals surface area contributed by atoms with E-state index in [1.807, 2.05) is 6.92 Å². The Balaban J connectivity index is 1.75. The van der Waals surface area contributed by atoms with Gasteiger partial charge in [0.1, 0.15) is 5.76 Å². The van der Waals surface area contributed by atoms with Crippen molar-refractivity contribution in [2.24, 2.45) is 5.10 Å². The van der Waals surface area contributed by atoms with Crippen LogP contribution in [-0.2, 0) is 9.84 Å². The fourth-order valence-electron chi connectivity index (χ4n) is 2.10. The predicted molar refractivity (Wildman–Crippen MR) is 93.0 cm³/mol. The standard InChI is InChI=1S/C18H16N2O3S/c1-14-4-8-17(9-5-14)24(21,22)18-10-6-15(7-11-18)20-19-13-16-3-2-12-23-16/h2-13,20H,1H3/b19-13-. The van der Waals surface area contributed by atoms with Crippen molar-refractivity contribution in [3.05, 3.63) is 78.3 Å². The molecule has 1 heterocycles. The van der Waals surface area contributed by atoms with Gasteiger partial charge in [-0.1, -0.05) is 17.7 Å². The third kappa shape index (κ3) is 3.55. The summed E-state index contributed by atoms with van der Waals surface area (Å²) in [7, 11) is -3.51. The lowest BCUT2D eigenvalue weighted by molar-refractivity contribution is 0.560. The molecule has 0 aliphatic rings. The van der Waals surface area contributed by atoms with Crippen LogP contribution in [-0.4, -0.2) is 14.6 Å². The number of hydrogen-bond donors (Lipinski definition) is 1. The van der Waals surface area contributed by atoms with Crippen LogP contribution in [0.2, 0.25) is 0 Å². The van der Waals surface area contributed by atoms with Crippen molar-refractivity contribution in [3.8, 4) is 0 Å². The zero-order valence-corrected chi connectivity index (χ0v) is 13.8. The first-order chi connectivity index (χ1) is 11.6. The molecule has 3 rings (SSSR count). The quantitative estimate of drug-likeness (QED) is 0.565. The van der Waals surface area contributed by atoms with Crippen LogP contribution in [0.4, 0.5) is 5.69 Å². The summed E-state index contributed by atoms with van der Waals surface area (Å²) in [5, 5.41) is 4.03. The zero-order chi connectivity index (χ0) is 17.0. The second-order valence-electron chi connectivity index (χ2n) is 5.23. The molecule has 0 radical (unpaired) electrons. The molecule has 122 valence electrons. The van der Waals surface area contributed by atoms with E-state index in [4.69, 9.17) is 4.42 Å². The molecule has 0 aliphatic heterocycles. The highest BCUT2D eigenvalue weighted by molar-refractivity contribution is 7.91. The molecule has 1 aromatic heterocycles. The molecule has 5 nitrogen and oxygen atoms in total. The molecule has 0 fully saturated rings. The third-order valence-electron chi connectivity index (χ3n) is 3.42. The summed E-state index contributed by atoms with van der Waals surface area (Å²) in [4.78, 5) is 0.525. The number of anilines is 1. The van der Waals surface area contributed by atoms with Gasteiger partial charge in [0.2, 0.25) is 9.84 Å². The third-order valence-corrected chi connectivity index (χ3v) is 5.21. The molecule has 0 bridgehead atoms. The van der Waals surface area contributed by atoms with Crippen molar-refractivity contribution in [3.63, 3.8) is 0 Å². The molecule has 2 aromatic carbocycles. The molecular formula is C18H16N2O3S. The highest BCUT2D eigenvalue weighted by atomic mass is 32.2. The van der Waals surface area contributed by atoms with Crippen molar-refractivity contribution in [1.82, 2.24) is 0 Å². The van der Waals surface area contributed by atoms with E-state index in [-0.39, 0.29) is 9.79 Å². The summed E-state index contributed by atoms with van der Waals surface area (Å²) in [5.41, 5.74) is 4.52. The lowest BCUT2D eigenvalue weighted by atomic mass is 10.2. The van der Waals surface area contributed by atoms with Gasteiger partial charge in [0.05, 0.1) is 28.0 Å². The Bertz CT molecular complexity index is 927. The monoisotopic (exact) mass is 340 g/mol. The van der Waals surface area contributed by atoms with E-state index in [2.05, 4.69) is 10.5 Å². The maximum absolute atomic E-state index is 12.6. The topological polar surface area (TPSA) is 71.7 Å². The first-order valence-corrected chi connectivity index (χ1v) is 8.78. The molecule has 6 heteroatoms. The molecule has 0 spiro atoms. The Hall–Kier alpha value is -2.86. The lowest BCUT2D eigenvalue weighted by Gasteiger charge is -2.06. The summed E-state index contributed by atoms with van der Waals surface area (Å²) in [6.45, 7) is 1.92. The van der Waals surface area contributed by atoms with Gasteiger partial charge in [-0.15, -0.1) is 0 Å². The number of nitrogens with one attached hydrogen (secondary N) is 1. The van der Waals surface area contributed by atoms with Crippen LogP contribution >= 0.6 is 0 Å². The predicted octanol–water partition coefficient (Wildman–Crippen LogP) is 3.87. The Kier molecular flexibility index (Phi) is 4.48. The normalized spacial score (nSPS) is 11.7. The van der Waals surface area contributed by atoms with Gasteiger partial charge in [-0.05, 0) is 55.5 Å². The van der Waals surface area contributed by atoms with E-state index >= 15 is 0 Å². The maximum Gasteiger partial charge on any atom is 0.206 e. The molecule has 0 unspecified atom stereocenters. The number of hydrogen-bond acceptors (Lipinski definition) is 5. The van der Waals surface area contributed by atoms with E-state index in [1.165, 1.54) is 6.21 Å². The SMILES string of the molecule is Cc1ccc(S(=O)(=O)c2ccc(N/N=C\c3ccco3)cc2)cc1. The summed E-state index contributed by atoms with van der Waals surface area (Å²) in [5.74, 6) is 0.626. The van der Waals surface area contributed by atoms with E-state index in [0.717, 1.165) is 5.56 Å². The van der Waals surface area contributed by atoms with Crippen molar-refractivity contribution in [2.75, 3.05) is 5.43 Å². The smallest absolute Gasteiger partial charge is 0.206 e. The van der Waals surface area contributed by atoms with Gasteiger partial charge in [-0.3, -0.25) is 5.43 Å². The molecule has 24 heavy (non-hydrogen) atoms. The molecule has 1 N–H and O–H groups in total. The molecule has 3 aromatic rings. The zero-order valence-electron chi connectivity index (χ0n) is 13.0. The maximum atomic E-state index is 12.6. The number of aryl methyl sites for hydroxylation is 1. The molecule has 0 aliphatic carbocycles. The number of benzene rings is 2.